The third kappa shape index (κ3) is 6.09. The monoisotopic (exact) mass is 917 g/mol. The van der Waals surface area contributed by atoms with E-state index in [9.17, 15) is 0 Å². The largest absolute Gasteiger partial charge is 0.376 e. The van der Waals surface area contributed by atoms with Crippen LogP contribution in [0.2, 0.25) is 0 Å². The first kappa shape index (κ1) is 40.4. The molecule has 0 amide bonds. The van der Waals surface area contributed by atoms with E-state index >= 15 is 0 Å². The Morgan fingerprint density at radius 2 is 0.500 bits per heavy atom. The lowest BCUT2D eigenvalue weighted by molar-refractivity contribution is 1.16. The van der Waals surface area contributed by atoms with Gasteiger partial charge in [0.15, 0.2) is 0 Å². The zero-order valence-electron chi connectivity index (χ0n) is 39.2. The smallest absolute Gasteiger partial charge is 0.328 e. The Kier molecular flexibility index (Phi) is 8.99. The average molecular weight is 918 g/mol. The van der Waals surface area contributed by atoms with Gasteiger partial charge in [-0.25, -0.2) is 0 Å². The lowest BCUT2D eigenvalue weighted by atomic mass is 9.50. The summed E-state index contributed by atoms with van der Waals surface area (Å²) in [6, 6.07) is 98.6. The molecule has 0 saturated heterocycles. The van der Waals surface area contributed by atoms with E-state index in [1.165, 1.54) is 43.4 Å². The van der Waals surface area contributed by atoms with E-state index < -0.39 is 0 Å². The Hall–Kier alpha value is -9.52. The topological polar surface area (TPSA) is 21.3 Å². The van der Waals surface area contributed by atoms with Crippen LogP contribution < -0.4 is 20.7 Å². The van der Waals surface area contributed by atoms with E-state index in [-0.39, 0.29) is 6.85 Å². The van der Waals surface area contributed by atoms with Gasteiger partial charge < -0.3 is 23.4 Å². The molecule has 336 valence electrons. The van der Waals surface area contributed by atoms with Gasteiger partial charge in [-0.3, -0.25) is 0 Å². The maximum Gasteiger partial charge on any atom is 0.328 e. The first-order valence-electron chi connectivity index (χ1n) is 24.8. The fraction of sp³-hybridized carbons (Fsp3) is 0. The normalized spacial score (nSPS) is 12.6. The molecule has 0 atom stereocenters. The third-order valence-corrected chi connectivity index (χ3v) is 14.9. The van der Waals surface area contributed by atoms with Crippen molar-refractivity contribution in [3.05, 3.63) is 267 Å². The Morgan fingerprint density at radius 1 is 0.222 bits per heavy atom. The molecule has 0 radical (unpaired) electrons. The van der Waals surface area contributed by atoms with Crippen LogP contribution in [-0.2, 0) is 0 Å². The van der Waals surface area contributed by atoms with Crippen molar-refractivity contribution in [1.82, 2.24) is 13.6 Å². The van der Waals surface area contributed by atoms with Gasteiger partial charge >= 0.3 is 6.85 Å². The van der Waals surface area contributed by atoms with Crippen molar-refractivity contribution in [3.8, 4) is 11.4 Å². The van der Waals surface area contributed by atoms with Gasteiger partial charge in [0.05, 0.1) is 33.4 Å². The van der Waals surface area contributed by atoms with Crippen LogP contribution in [0, 0.1) is 0 Å². The summed E-state index contributed by atoms with van der Waals surface area (Å²) in [5.74, 6) is 0. The molecule has 0 aliphatic carbocycles. The second-order valence-electron chi connectivity index (χ2n) is 18.9. The third-order valence-electron chi connectivity index (χ3n) is 14.9. The molecule has 1 aliphatic rings. The summed E-state index contributed by atoms with van der Waals surface area (Å²) in [4.78, 5) is 4.94. The number of hydrogen-bond acceptors (Lipinski definition) is 2. The van der Waals surface area contributed by atoms with Crippen LogP contribution >= 0.6 is 0 Å². The molecule has 6 heteroatoms. The zero-order chi connectivity index (χ0) is 47.3. The standard InChI is InChI=1S/C66H44BN5/c1-3-21-47(22-4-1)68-49-39-45(41-51(43-49)70-59-31-13-7-25-53(59)54-26-8-14-32-60(54)70)67(72-63-35-17-11-29-57(63)58-30-12-18-36-64(58)72)46-40-50(69(48-23-5-2-6-24-48)66-38-20-19-37-65(66)68)44-52(42-46)71-61-33-15-9-27-55(61)56-28-10-16-34-62(56)71/h1-44H. The van der Waals surface area contributed by atoms with Gasteiger partial charge in [0.2, 0.25) is 0 Å². The van der Waals surface area contributed by atoms with Gasteiger partial charge in [-0.2, -0.15) is 0 Å². The minimum atomic E-state index is -0.315. The highest BCUT2D eigenvalue weighted by Crippen LogP contribution is 2.47. The Bertz CT molecular complexity index is 4050. The molecular formula is C66H44BN5. The number of rotatable bonds is 5. The van der Waals surface area contributed by atoms with Crippen molar-refractivity contribution < 1.29 is 0 Å². The van der Waals surface area contributed by atoms with Crippen LogP contribution in [0.5, 0.6) is 0 Å². The Labute approximate surface area is 417 Å². The molecule has 1 aliphatic heterocycles. The lowest BCUT2D eigenvalue weighted by Crippen LogP contribution is -2.49. The summed E-state index contributed by atoms with van der Waals surface area (Å²) >= 11 is 0. The van der Waals surface area contributed by atoms with E-state index in [0.29, 0.717) is 0 Å². The lowest BCUT2D eigenvalue weighted by Gasteiger charge is -2.33. The zero-order valence-corrected chi connectivity index (χ0v) is 39.2. The maximum atomic E-state index is 2.61. The summed E-state index contributed by atoms with van der Waals surface area (Å²) in [5, 5.41) is 7.36. The maximum absolute atomic E-state index is 2.61. The summed E-state index contributed by atoms with van der Waals surface area (Å²) in [7, 11) is 0. The fourth-order valence-electron chi connectivity index (χ4n) is 12.0. The molecule has 11 aromatic carbocycles. The minimum absolute atomic E-state index is 0.315. The highest BCUT2D eigenvalue weighted by atomic mass is 15.2. The van der Waals surface area contributed by atoms with Crippen LogP contribution in [0.3, 0.4) is 0 Å². The molecule has 0 N–H and O–H groups in total. The van der Waals surface area contributed by atoms with Crippen molar-refractivity contribution in [2.45, 2.75) is 0 Å². The number of anilines is 6. The molecule has 15 rings (SSSR count). The number of aromatic nitrogens is 3. The van der Waals surface area contributed by atoms with E-state index in [2.05, 4.69) is 290 Å². The number of para-hydroxylation sites is 10. The van der Waals surface area contributed by atoms with Gasteiger partial charge in [-0.1, -0.05) is 158 Å². The number of benzene rings is 11. The van der Waals surface area contributed by atoms with Crippen LogP contribution in [-0.4, -0.2) is 20.5 Å². The van der Waals surface area contributed by atoms with Gasteiger partial charge in [-0.15, -0.1) is 0 Å². The second-order valence-corrected chi connectivity index (χ2v) is 18.9. The van der Waals surface area contributed by atoms with Crippen molar-refractivity contribution >= 4 is 117 Å². The molecule has 0 saturated carbocycles. The molecular weight excluding hydrogens is 874 g/mol. The van der Waals surface area contributed by atoms with Gasteiger partial charge in [-0.05, 0) is 120 Å². The highest BCUT2D eigenvalue weighted by molar-refractivity contribution is 6.85. The van der Waals surface area contributed by atoms with Crippen molar-refractivity contribution in [3.63, 3.8) is 0 Å². The van der Waals surface area contributed by atoms with Gasteiger partial charge in [0.1, 0.15) is 0 Å². The van der Waals surface area contributed by atoms with E-state index in [4.69, 9.17) is 0 Å². The average Bonchev–Trinajstić information content (AvgIpc) is 4.08. The Morgan fingerprint density at radius 3 is 0.861 bits per heavy atom. The molecule has 0 spiro atoms. The van der Waals surface area contributed by atoms with Gasteiger partial charge in [0.25, 0.3) is 0 Å². The summed E-state index contributed by atoms with van der Waals surface area (Å²) in [6.45, 7) is -0.315. The number of hydrogen-bond donors (Lipinski definition) is 0. The first-order chi connectivity index (χ1) is 35.7. The SMILES string of the molecule is c1ccc(N2c3cc(cc(-n4c5ccccc5c5ccccc54)c3)B(n3c4ccccc4c4ccccc43)c3cc(cc(-n4c5ccccc5c5ccccc54)c3)N(c3ccccc3)c3ccccc32)cc1. The molecule has 3 aromatic heterocycles. The first-order valence-corrected chi connectivity index (χ1v) is 24.8. The summed E-state index contributed by atoms with van der Waals surface area (Å²) in [6.07, 6.45) is 0. The molecule has 0 unspecified atom stereocenters. The molecule has 4 heterocycles. The molecule has 5 nitrogen and oxygen atoms in total. The number of nitrogens with zero attached hydrogens (tertiary/aromatic N) is 5. The summed E-state index contributed by atoms with van der Waals surface area (Å²) < 4.78 is 7.57. The summed E-state index contributed by atoms with van der Waals surface area (Å²) in [5.41, 5.74) is 17.8. The molecule has 0 fully saturated rings. The van der Waals surface area contributed by atoms with E-state index in [1.54, 1.807) is 0 Å². The van der Waals surface area contributed by atoms with Crippen molar-refractivity contribution in [2.24, 2.45) is 0 Å². The van der Waals surface area contributed by atoms with Crippen LogP contribution in [0.15, 0.2) is 267 Å². The highest BCUT2D eigenvalue weighted by Gasteiger charge is 2.33. The minimum Gasteiger partial charge on any atom is -0.376 e. The van der Waals surface area contributed by atoms with Crippen LogP contribution in [0.25, 0.3) is 76.8 Å². The second kappa shape index (κ2) is 16.0. The fourth-order valence-corrected chi connectivity index (χ4v) is 12.0. The molecule has 14 aromatic rings. The predicted molar refractivity (Wildman–Crippen MR) is 304 cm³/mol. The van der Waals surface area contributed by atoms with Crippen molar-refractivity contribution in [1.29, 1.82) is 0 Å². The van der Waals surface area contributed by atoms with Crippen LogP contribution in [0.4, 0.5) is 34.1 Å². The van der Waals surface area contributed by atoms with Crippen molar-refractivity contribution in [2.75, 3.05) is 9.80 Å². The predicted octanol–water partition coefficient (Wildman–Crippen LogP) is 15.9. The number of fused-ring (bicyclic) bond motifs is 14. The quantitative estimate of drug-likeness (QED) is 0.160. The van der Waals surface area contributed by atoms with E-state index in [1.807, 2.05) is 0 Å². The van der Waals surface area contributed by atoms with Crippen LogP contribution in [0.1, 0.15) is 0 Å². The van der Waals surface area contributed by atoms with E-state index in [0.717, 1.165) is 78.5 Å². The van der Waals surface area contributed by atoms with Gasteiger partial charge in [0, 0.05) is 77.5 Å². The molecule has 72 heavy (non-hydrogen) atoms. The molecule has 4 bridgehead atoms. The Balaban J connectivity index is 1.16.